The van der Waals surface area contributed by atoms with Crippen LogP contribution in [0.25, 0.3) is 11.0 Å². The molecular formula is C23H23ClN6O4S. The van der Waals surface area contributed by atoms with E-state index in [2.05, 4.69) is 6.07 Å². The van der Waals surface area contributed by atoms with Crippen LogP contribution in [0.3, 0.4) is 0 Å². The lowest BCUT2D eigenvalue weighted by molar-refractivity contribution is -0.119. The van der Waals surface area contributed by atoms with Gasteiger partial charge in [0.25, 0.3) is 0 Å². The van der Waals surface area contributed by atoms with Gasteiger partial charge in [-0.05, 0) is 36.2 Å². The zero-order valence-corrected chi connectivity index (χ0v) is 20.5. The molecule has 10 nitrogen and oxygen atoms in total. The van der Waals surface area contributed by atoms with Crippen molar-refractivity contribution in [1.29, 1.82) is 5.26 Å². The minimum atomic E-state index is -4.21. The molecule has 0 spiro atoms. The number of para-hydroxylation sites is 1. The molecule has 0 saturated heterocycles. The lowest BCUT2D eigenvalue weighted by atomic mass is 10.1. The maximum absolute atomic E-state index is 13.4. The molecule has 0 fully saturated rings. The lowest BCUT2D eigenvalue weighted by Gasteiger charge is -2.23. The fourth-order valence-electron chi connectivity index (χ4n) is 4.09. The zero-order valence-electron chi connectivity index (χ0n) is 18.9. The van der Waals surface area contributed by atoms with Gasteiger partial charge in [0.1, 0.15) is 5.82 Å². The Morgan fingerprint density at radius 2 is 2.00 bits per heavy atom. The van der Waals surface area contributed by atoms with Gasteiger partial charge in [-0.2, -0.15) is 18.0 Å². The van der Waals surface area contributed by atoms with Crippen molar-refractivity contribution in [3.63, 3.8) is 0 Å². The number of carbonyl (C=O) groups is 2. The van der Waals surface area contributed by atoms with Crippen molar-refractivity contribution in [3.8, 4) is 6.07 Å². The number of amides is 2. The number of hydrogen-bond donors (Lipinski definition) is 1. The third kappa shape index (κ3) is 5.30. The van der Waals surface area contributed by atoms with E-state index in [1.807, 2.05) is 15.4 Å². The number of benzene rings is 2. The first-order chi connectivity index (χ1) is 16.7. The Hall–Kier alpha value is -3.46. The number of aromatic nitrogens is 2. The second-order valence-electron chi connectivity index (χ2n) is 8.11. The van der Waals surface area contributed by atoms with Crippen LogP contribution in [0, 0.1) is 11.3 Å². The van der Waals surface area contributed by atoms with E-state index in [0.29, 0.717) is 47.0 Å². The van der Waals surface area contributed by atoms with Gasteiger partial charge in [-0.1, -0.05) is 29.8 Å². The van der Waals surface area contributed by atoms with Gasteiger partial charge in [0, 0.05) is 37.1 Å². The van der Waals surface area contributed by atoms with E-state index in [4.69, 9.17) is 21.8 Å². The number of carbonyl (C=O) groups excluding carboxylic acids is 2. The molecule has 1 aliphatic heterocycles. The average Bonchev–Trinajstić information content (AvgIpc) is 3.04. The number of nitriles is 1. The SMILES string of the molecule is CC(=O)NS(=O)(=O)N1CC(=O)N(Cc2nc3cc(Cl)ccc3n2CCCC#N)c2ccccc2C1. The molecule has 4 rings (SSSR count). The van der Waals surface area contributed by atoms with E-state index in [1.165, 1.54) is 4.90 Å². The predicted octanol–water partition coefficient (Wildman–Crippen LogP) is 2.72. The quantitative estimate of drug-likeness (QED) is 0.483. The minimum absolute atomic E-state index is 0.0742. The minimum Gasteiger partial charge on any atom is -0.326 e. The molecule has 2 aromatic carbocycles. The Morgan fingerprint density at radius 3 is 2.74 bits per heavy atom. The summed E-state index contributed by atoms with van der Waals surface area (Å²) in [5.74, 6) is -0.615. The van der Waals surface area contributed by atoms with Gasteiger partial charge < -0.3 is 9.47 Å². The largest absolute Gasteiger partial charge is 0.326 e. The van der Waals surface area contributed by atoms with Crippen molar-refractivity contribution in [2.45, 2.75) is 39.4 Å². The molecule has 1 N–H and O–H groups in total. The van der Waals surface area contributed by atoms with Crippen LogP contribution < -0.4 is 9.62 Å². The highest BCUT2D eigenvalue weighted by atomic mass is 35.5. The molecular weight excluding hydrogens is 492 g/mol. The summed E-state index contributed by atoms with van der Waals surface area (Å²) in [4.78, 5) is 31.0. The molecule has 2 heterocycles. The van der Waals surface area contributed by atoms with Crippen LogP contribution in [-0.2, 0) is 39.4 Å². The molecule has 3 aromatic rings. The normalized spacial score (nSPS) is 14.4. The first-order valence-corrected chi connectivity index (χ1v) is 12.7. The topological polar surface area (TPSA) is 128 Å². The number of halogens is 1. The summed E-state index contributed by atoms with van der Waals surface area (Å²) in [5.41, 5.74) is 2.66. The van der Waals surface area contributed by atoms with Gasteiger partial charge >= 0.3 is 10.2 Å². The molecule has 0 unspecified atom stereocenters. The maximum atomic E-state index is 13.4. The van der Waals surface area contributed by atoms with Gasteiger partial charge in [-0.3, -0.25) is 9.59 Å². The van der Waals surface area contributed by atoms with Crippen molar-refractivity contribution < 1.29 is 18.0 Å². The van der Waals surface area contributed by atoms with Gasteiger partial charge in [0.15, 0.2) is 0 Å². The van der Waals surface area contributed by atoms with Gasteiger partial charge in [0.2, 0.25) is 11.8 Å². The van der Waals surface area contributed by atoms with E-state index < -0.39 is 28.6 Å². The molecule has 1 aromatic heterocycles. The fourth-order valence-corrected chi connectivity index (χ4v) is 5.34. The summed E-state index contributed by atoms with van der Waals surface area (Å²) in [7, 11) is -4.21. The number of nitrogens with zero attached hydrogens (tertiary/aromatic N) is 5. The standard InChI is InChI=1S/C23H23ClN6O4S/c1-16(31)27-35(33,34)28-13-17-6-2-3-7-20(17)30(23(32)15-28)14-22-26-19-12-18(24)8-9-21(19)29(22)11-5-4-10-25/h2-3,6-9,12H,4-5,11,13-15H2,1H3,(H,27,31). The Kier molecular flexibility index (Phi) is 7.07. The maximum Gasteiger partial charge on any atom is 0.304 e. The van der Waals surface area contributed by atoms with Gasteiger partial charge in [-0.15, -0.1) is 0 Å². The zero-order chi connectivity index (χ0) is 25.2. The summed E-state index contributed by atoms with van der Waals surface area (Å²) in [5, 5.41) is 9.50. The van der Waals surface area contributed by atoms with Gasteiger partial charge in [0.05, 0.1) is 30.2 Å². The van der Waals surface area contributed by atoms with E-state index in [0.717, 1.165) is 16.7 Å². The second-order valence-corrected chi connectivity index (χ2v) is 10.2. The van der Waals surface area contributed by atoms with Gasteiger partial charge in [-0.25, -0.2) is 9.71 Å². The van der Waals surface area contributed by atoms with Crippen molar-refractivity contribution >= 4 is 50.3 Å². The number of imidazole rings is 1. The fraction of sp³-hybridized carbons (Fsp3) is 0.304. The van der Waals surface area contributed by atoms with Crippen LogP contribution in [0.2, 0.25) is 5.02 Å². The summed E-state index contributed by atoms with van der Waals surface area (Å²) in [6, 6.07) is 14.5. The number of rotatable bonds is 7. The highest BCUT2D eigenvalue weighted by Gasteiger charge is 2.33. The van der Waals surface area contributed by atoms with Crippen molar-refractivity contribution in [2.75, 3.05) is 11.4 Å². The molecule has 12 heteroatoms. The molecule has 2 amide bonds. The van der Waals surface area contributed by atoms with Crippen LogP contribution in [0.5, 0.6) is 0 Å². The monoisotopic (exact) mass is 514 g/mol. The highest BCUT2D eigenvalue weighted by Crippen LogP contribution is 2.29. The first kappa shape index (κ1) is 24.7. The smallest absolute Gasteiger partial charge is 0.304 e. The van der Waals surface area contributed by atoms with Crippen molar-refractivity contribution in [2.24, 2.45) is 0 Å². The number of nitrogens with one attached hydrogen (secondary N) is 1. The van der Waals surface area contributed by atoms with Crippen molar-refractivity contribution in [3.05, 3.63) is 58.9 Å². The average molecular weight is 515 g/mol. The van der Waals surface area contributed by atoms with Crippen LogP contribution in [0.4, 0.5) is 5.69 Å². The van der Waals surface area contributed by atoms with E-state index >= 15 is 0 Å². The Balaban J connectivity index is 1.74. The lowest BCUT2D eigenvalue weighted by Crippen LogP contribution is -2.46. The number of unbranched alkanes of at least 4 members (excludes halogenated alkanes) is 1. The molecule has 0 atom stereocenters. The number of hydrogen-bond acceptors (Lipinski definition) is 6. The third-order valence-electron chi connectivity index (χ3n) is 5.61. The third-order valence-corrected chi connectivity index (χ3v) is 7.33. The van der Waals surface area contributed by atoms with Crippen LogP contribution >= 0.6 is 11.6 Å². The van der Waals surface area contributed by atoms with Crippen LogP contribution in [0.15, 0.2) is 42.5 Å². The Morgan fingerprint density at radius 1 is 1.23 bits per heavy atom. The van der Waals surface area contributed by atoms with E-state index in [9.17, 15) is 18.0 Å². The molecule has 182 valence electrons. The van der Waals surface area contributed by atoms with Crippen LogP contribution in [-0.4, -0.2) is 40.6 Å². The first-order valence-electron chi connectivity index (χ1n) is 10.9. The second kappa shape index (κ2) is 10.0. The summed E-state index contributed by atoms with van der Waals surface area (Å²) >= 11 is 6.16. The summed E-state index contributed by atoms with van der Waals surface area (Å²) < 4.78 is 30.2. The Bertz CT molecular complexity index is 1450. The summed E-state index contributed by atoms with van der Waals surface area (Å²) in [6.07, 6.45) is 0.971. The molecule has 0 radical (unpaired) electrons. The number of aryl methyl sites for hydroxylation is 1. The number of fused-ring (bicyclic) bond motifs is 2. The Labute approximate surface area is 207 Å². The van der Waals surface area contributed by atoms with E-state index in [-0.39, 0.29) is 13.1 Å². The molecule has 0 saturated carbocycles. The summed E-state index contributed by atoms with van der Waals surface area (Å²) in [6.45, 7) is 1.18. The molecule has 35 heavy (non-hydrogen) atoms. The molecule has 0 bridgehead atoms. The van der Waals surface area contributed by atoms with E-state index in [1.54, 1.807) is 36.4 Å². The molecule has 0 aliphatic carbocycles. The predicted molar refractivity (Wildman–Crippen MR) is 130 cm³/mol. The number of anilines is 1. The van der Waals surface area contributed by atoms with Crippen LogP contribution in [0.1, 0.15) is 31.2 Å². The highest BCUT2D eigenvalue weighted by molar-refractivity contribution is 7.87. The van der Waals surface area contributed by atoms with Crippen molar-refractivity contribution in [1.82, 2.24) is 18.6 Å². The molecule has 1 aliphatic rings.